The van der Waals surface area contributed by atoms with Crippen molar-refractivity contribution in [3.05, 3.63) is 64.0 Å². The van der Waals surface area contributed by atoms with Crippen molar-refractivity contribution in [1.82, 2.24) is 15.2 Å². The molecular weight excluding hydrogens is 552 g/mol. The van der Waals surface area contributed by atoms with E-state index < -0.39 is 5.97 Å². The lowest BCUT2D eigenvalue weighted by Crippen LogP contribution is -2.51. The summed E-state index contributed by atoms with van der Waals surface area (Å²) in [5, 5.41) is 15.3. The van der Waals surface area contributed by atoms with Gasteiger partial charge in [-0.05, 0) is 73.9 Å². The molecule has 2 bridgehead atoms. The Kier molecular flexibility index (Phi) is 8.82. The first-order valence-corrected chi connectivity index (χ1v) is 15.2. The maximum absolute atomic E-state index is 12.8. The highest BCUT2D eigenvalue weighted by Gasteiger charge is 2.44. The lowest BCUT2D eigenvalue weighted by atomic mass is 9.69. The standard InChI is InChI=1S/C32H38N4O5S/c1-19-8-11-27(41-17-24-10-9-21(13-20(24)2)30(38)35(4)16-28(37)33-3)25(12-19)26-18-42-32(34-26)36-14-22-6-5-7-23(15-36)29(22)31(39)40/h8-13,18,22-23,29H,5-7,14-17H2,1-4H3,(H,33,37)(H,39,40)/t22-,23+,29+. The Morgan fingerprint density at radius 2 is 1.86 bits per heavy atom. The van der Waals surface area contributed by atoms with Crippen LogP contribution in [0.25, 0.3) is 11.3 Å². The summed E-state index contributed by atoms with van der Waals surface area (Å²) in [7, 11) is 3.15. The van der Waals surface area contributed by atoms with E-state index in [1.165, 1.54) is 4.90 Å². The summed E-state index contributed by atoms with van der Waals surface area (Å²) < 4.78 is 6.32. The number of carboxylic acids is 1. The second-order valence-corrected chi connectivity index (χ2v) is 12.3. The second-order valence-electron chi connectivity index (χ2n) is 11.5. The minimum absolute atomic E-state index is 0.00441. The number of likely N-dealkylation sites (N-methyl/N-ethyl adjacent to an activating group) is 2. The number of nitrogens with zero attached hydrogens (tertiary/aromatic N) is 3. The van der Waals surface area contributed by atoms with Crippen molar-refractivity contribution < 1.29 is 24.2 Å². The number of piperidine rings is 1. The van der Waals surface area contributed by atoms with Gasteiger partial charge in [0, 0.05) is 43.7 Å². The molecule has 0 radical (unpaired) electrons. The Bertz CT molecular complexity index is 1470. The fourth-order valence-electron chi connectivity index (χ4n) is 6.23. The molecule has 1 aliphatic heterocycles. The SMILES string of the molecule is CNC(=O)CN(C)C(=O)c1ccc(COc2ccc(C)cc2-c2csc(N3C[C@H]4CCC[C@@H](C3)[C@H]4C(=O)O)n2)c(C)c1. The van der Waals surface area contributed by atoms with Crippen LogP contribution in [0.15, 0.2) is 41.8 Å². The average Bonchev–Trinajstić information content (AvgIpc) is 3.46. The van der Waals surface area contributed by atoms with Crippen LogP contribution in [-0.4, -0.2) is 66.5 Å². The number of benzene rings is 2. The van der Waals surface area contributed by atoms with Gasteiger partial charge in [-0.2, -0.15) is 0 Å². The number of aromatic nitrogens is 1. The molecule has 10 heteroatoms. The number of hydrogen-bond acceptors (Lipinski definition) is 7. The fraction of sp³-hybridized carbons (Fsp3) is 0.438. The molecule has 5 rings (SSSR count). The van der Waals surface area contributed by atoms with Crippen molar-refractivity contribution >= 4 is 34.3 Å². The molecular formula is C32H38N4O5S. The lowest BCUT2D eigenvalue weighted by Gasteiger charge is -2.45. The van der Waals surface area contributed by atoms with E-state index >= 15 is 0 Å². The van der Waals surface area contributed by atoms with E-state index in [-0.39, 0.29) is 36.1 Å². The third-order valence-corrected chi connectivity index (χ3v) is 9.41. The molecule has 0 unspecified atom stereocenters. The number of amides is 2. The number of nitrogens with one attached hydrogen (secondary N) is 1. The van der Waals surface area contributed by atoms with Crippen molar-refractivity contribution in [2.45, 2.75) is 39.7 Å². The highest BCUT2D eigenvalue weighted by molar-refractivity contribution is 7.14. The van der Waals surface area contributed by atoms with Crippen LogP contribution in [0, 0.1) is 31.6 Å². The summed E-state index contributed by atoms with van der Waals surface area (Å²) in [6.07, 6.45) is 3.02. The first-order valence-electron chi connectivity index (χ1n) is 14.4. The van der Waals surface area contributed by atoms with Crippen molar-refractivity contribution in [2.75, 3.05) is 38.6 Å². The molecule has 0 spiro atoms. The second kappa shape index (κ2) is 12.5. The molecule has 2 amide bonds. The highest BCUT2D eigenvalue weighted by atomic mass is 32.1. The molecule has 2 aliphatic rings. The van der Waals surface area contributed by atoms with Gasteiger partial charge < -0.3 is 25.0 Å². The molecule has 42 heavy (non-hydrogen) atoms. The summed E-state index contributed by atoms with van der Waals surface area (Å²) in [6, 6.07) is 11.5. The summed E-state index contributed by atoms with van der Waals surface area (Å²) >= 11 is 1.59. The van der Waals surface area contributed by atoms with Crippen LogP contribution >= 0.6 is 11.3 Å². The molecule has 1 aromatic heterocycles. The van der Waals surface area contributed by atoms with E-state index in [9.17, 15) is 19.5 Å². The zero-order valence-corrected chi connectivity index (χ0v) is 25.4. The zero-order chi connectivity index (χ0) is 30.0. The van der Waals surface area contributed by atoms with Crippen LogP contribution in [0.4, 0.5) is 5.13 Å². The summed E-state index contributed by atoms with van der Waals surface area (Å²) in [4.78, 5) is 45.0. The molecule has 2 heterocycles. The van der Waals surface area contributed by atoms with Gasteiger partial charge in [0.1, 0.15) is 12.4 Å². The number of aliphatic carboxylic acids is 1. The number of carbonyl (C=O) groups is 3. The van der Waals surface area contributed by atoms with Gasteiger partial charge >= 0.3 is 5.97 Å². The van der Waals surface area contributed by atoms with Crippen molar-refractivity contribution in [3.63, 3.8) is 0 Å². The predicted molar refractivity (Wildman–Crippen MR) is 163 cm³/mol. The Balaban J connectivity index is 1.29. The normalized spacial score (nSPS) is 19.7. The number of thiazole rings is 1. The molecule has 222 valence electrons. The number of anilines is 1. The molecule has 3 aromatic rings. The number of hydrogen-bond donors (Lipinski definition) is 2. The number of rotatable bonds is 9. The van der Waals surface area contributed by atoms with Gasteiger partial charge in [-0.25, -0.2) is 4.98 Å². The van der Waals surface area contributed by atoms with Gasteiger partial charge in [0.05, 0.1) is 18.2 Å². The number of carbonyl (C=O) groups excluding carboxylic acids is 2. The molecule has 9 nitrogen and oxygen atoms in total. The van der Waals surface area contributed by atoms with E-state index in [1.54, 1.807) is 31.5 Å². The van der Waals surface area contributed by atoms with Crippen LogP contribution in [0.3, 0.4) is 0 Å². The lowest BCUT2D eigenvalue weighted by molar-refractivity contribution is -0.148. The molecule has 3 atom stereocenters. The van der Waals surface area contributed by atoms with Crippen LogP contribution < -0.4 is 15.0 Å². The number of aryl methyl sites for hydroxylation is 2. The summed E-state index contributed by atoms with van der Waals surface area (Å²) in [6.45, 7) is 5.77. The number of fused-ring (bicyclic) bond motifs is 2. The Labute approximate surface area is 250 Å². The van der Waals surface area contributed by atoms with E-state index in [2.05, 4.69) is 21.7 Å². The predicted octanol–water partition coefficient (Wildman–Crippen LogP) is 4.76. The number of carboxylic acid groups (broad SMARTS) is 1. The first kappa shape index (κ1) is 29.6. The molecule has 1 saturated carbocycles. The molecule has 2 N–H and O–H groups in total. The zero-order valence-electron chi connectivity index (χ0n) is 24.6. The maximum Gasteiger partial charge on any atom is 0.307 e. The average molecular weight is 591 g/mol. The highest BCUT2D eigenvalue weighted by Crippen LogP contribution is 2.43. The Hall–Kier alpha value is -3.92. The van der Waals surface area contributed by atoms with Crippen molar-refractivity contribution in [2.24, 2.45) is 17.8 Å². The topological polar surface area (TPSA) is 112 Å². The Morgan fingerprint density at radius 1 is 1.12 bits per heavy atom. The molecule has 1 aliphatic carbocycles. The number of ether oxygens (including phenoxy) is 1. The largest absolute Gasteiger partial charge is 0.488 e. The van der Waals surface area contributed by atoms with E-state index in [0.717, 1.165) is 71.2 Å². The monoisotopic (exact) mass is 590 g/mol. The smallest absolute Gasteiger partial charge is 0.307 e. The third-order valence-electron chi connectivity index (χ3n) is 8.51. The van der Waals surface area contributed by atoms with Gasteiger partial charge in [-0.3, -0.25) is 14.4 Å². The van der Waals surface area contributed by atoms with Crippen LogP contribution in [0.1, 0.15) is 46.3 Å². The van der Waals surface area contributed by atoms with E-state index in [4.69, 9.17) is 9.72 Å². The molecule has 2 aromatic carbocycles. The Morgan fingerprint density at radius 3 is 2.52 bits per heavy atom. The maximum atomic E-state index is 12.8. The summed E-state index contributed by atoms with van der Waals surface area (Å²) in [5.41, 5.74) is 5.26. The third kappa shape index (κ3) is 6.28. The fourth-order valence-corrected chi connectivity index (χ4v) is 7.08. The van der Waals surface area contributed by atoms with Gasteiger partial charge in [0.25, 0.3) is 5.91 Å². The van der Waals surface area contributed by atoms with Crippen LogP contribution in [-0.2, 0) is 16.2 Å². The quantitative estimate of drug-likeness (QED) is 0.370. The van der Waals surface area contributed by atoms with Gasteiger partial charge in [0.2, 0.25) is 5.91 Å². The van der Waals surface area contributed by atoms with Crippen molar-refractivity contribution in [3.8, 4) is 17.0 Å². The minimum atomic E-state index is -0.657. The van der Waals surface area contributed by atoms with E-state index in [0.29, 0.717) is 12.2 Å². The van der Waals surface area contributed by atoms with E-state index in [1.807, 2.05) is 38.1 Å². The molecule has 1 saturated heterocycles. The van der Waals surface area contributed by atoms with Gasteiger partial charge in [-0.15, -0.1) is 11.3 Å². The van der Waals surface area contributed by atoms with Gasteiger partial charge in [0.15, 0.2) is 5.13 Å². The minimum Gasteiger partial charge on any atom is -0.488 e. The first-order chi connectivity index (χ1) is 20.1. The van der Waals surface area contributed by atoms with Crippen LogP contribution in [0.2, 0.25) is 0 Å². The van der Waals surface area contributed by atoms with Crippen molar-refractivity contribution in [1.29, 1.82) is 0 Å². The summed E-state index contributed by atoms with van der Waals surface area (Å²) in [5.74, 6) is -0.281. The van der Waals surface area contributed by atoms with Gasteiger partial charge in [-0.1, -0.05) is 24.1 Å². The molecule has 2 fully saturated rings. The van der Waals surface area contributed by atoms with Crippen LogP contribution in [0.5, 0.6) is 5.75 Å².